The van der Waals surface area contributed by atoms with Crippen LogP contribution >= 0.6 is 0 Å². The van der Waals surface area contributed by atoms with Crippen LogP contribution in [0.2, 0.25) is 0 Å². The van der Waals surface area contributed by atoms with E-state index in [0.29, 0.717) is 0 Å². The summed E-state index contributed by atoms with van der Waals surface area (Å²) in [6.07, 6.45) is 0. The Morgan fingerprint density at radius 2 is 1.70 bits per heavy atom. The third kappa shape index (κ3) is 3.25. The molecule has 12 heteroatoms. The molecule has 0 radical (unpaired) electrons. The molecule has 0 saturated carbocycles. The van der Waals surface area contributed by atoms with Crippen molar-refractivity contribution in [2.75, 3.05) is 31.1 Å². The molecule has 3 rings (SSSR count). The van der Waals surface area contributed by atoms with Crippen LogP contribution in [0.3, 0.4) is 0 Å². The molecule has 27 heavy (non-hydrogen) atoms. The SMILES string of the molecule is Cc1nn(C)c(N2CCN(S(=O)(=O)c3c(F)cccc3F)CC2)c1[N+](=O)[O-]. The highest BCUT2D eigenvalue weighted by atomic mass is 32.2. The highest BCUT2D eigenvalue weighted by Crippen LogP contribution is 2.32. The number of rotatable bonds is 4. The number of nitro groups is 1. The fraction of sp³-hybridized carbons (Fsp3) is 0.400. The van der Waals surface area contributed by atoms with Crippen LogP contribution in [0.25, 0.3) is 0 Å². The van der Waals surface area contributed by atoms with E-state index >= 15 is 0 Å². The Bertz CT molecular complexity index is 980. The minimum atomic E-state index is -4.36. The van der Waals surface area contributed by atoms with Crippen LogP contribution in [0, 0.1) is 28.7 Å². The third-order valence-corrected chi connectivity index (χ3v) is 6.35. The second kappa shape index (κ2) is 6.85. The van der Waals surface area contributed by atoms with E-state index in [1.165, 1.54) is 11.6 Å². The van der Waals surface area contributed by atoms with E-state index in [-0.39, 0.29) is 43.4 Å². The Hall–Kier alpha value is -2.60. The summed E-state index contributed by atoms with van der Waals surface area (Å²) >= 11 is 0. The number of halogens is 2. The second-order valence-corrected chi connectivity index (χ2v) is 7.96. The lowest BCUT2D eigenvalue weighted by atomic mass is 10.3. The molecule has 1 aromatic heterocycles. The molecule has 1 aliphatic rings. The van der Waals surface area contributed by atoms with E-state index in [2.05, 4.69) is 5.10 Å². The highest BCUT2D eigenvalue weighted by Gasteiger charge is 2.36. The normalized spacial score (nSPS) is 15.9. The van der Waals surface area contributed by atoms with E-state index in [9.17, 15) is 27.3 Å². The summed E-state index contributed by atoms with van der Waals surface area (Å²) in [6, 6.07) is 2.85. The quantitative estimate of drug-likeness (QED) is 0.567. The molecule has 9 nitrogen and oxygen atoms in total. The lowest BCUT2D eigenvalue weighted by Crippen LogP contribution is -2.49. The third-order valence-electron chi connectivity index (χ3n) is 4.40. The van der Waals surface area contributed by atoms with E-state index < -0.39 is 31.5 Å². The molecule has 1 fully saturated rings. The number of piperazine rings is 1. The van der Waals surface area contributed by atoms with Gasteiger partial charge < -0.3 is 4.90 Å². The Morgan fingerprint density at radius 3 is 2.22 bits per heavy atom. The van der Waals surface area contributed by atoms with Gasteiger partial charge in [-0.1, -0.05) is 6.07 Å². The minimum absolute atomic E-state index is 0.0719. The number of aryl methyl sites for hydroxylation is 2. The van der Waals surface area contributed by atoms with Gasteiger partial charge in [-0.15, -0.1) is 0 Å². The van der Waals surface area contributed by atoms with Crippen LogP contribution in [-0.4, -0.2) is 53.6 Å². The Balaban J connectivity index is 1.85. The number of hydrogen-bond donors (Lipinski definition) is 0. The summed E-state index contributed by atoms with van der Waals surface area (Å²) in [5.74, 6) is -2.04. The van der Waals surface area contributed by atoms with E-state index in [0.717, 1.165) is 22.5 Å². The monoisotopic (exact) mass is 401 g/mol. The molecule has 1 aliphatic heterocycles. The van der Waals surface area contributed by atoms with Crippen molar-refractivity contribution in [3.63, 3.8) is 0 Å². The predicted octanol–water partition coefficient (Wildman–Crippen LogP) is 1.43. The fourth-order valence-electron chi connectivity index (χ4n) is 3.20. The number of anilines is 1. The van der Waals surface area contributed by atoms with Crippen molar-refractivity contribution >= 4 is 21.5 Å². The summed E-state index contributed by atoms with van der Waals surface area (Å²) in [7, 11) is -2.80. The molecular weight excluding hydrogens is 384 g/mol. The summed E-state index contributed by atoms with van der Waals surface area (Å²) in [4.78, 5) is 11.4. The van der Waals surface area contributed by atoms with E-state index in [1.54, 1.807) is 11.9 Å². The summed E-state index contributed by atoms with van der Waals surface area (Å²) in [5, 5.41) is 15.4. The largest absolute Gasteiger partial charge is 0.348 e. The number of hydrogen-bond acceptors (Lipinski definition) is 6. The van der Waals surface area contributed by atoms with Crippen molar-refractivity contribution < 1.29 is 22.1 Å². The molecule has 0 amide bonds. The van der Waals surface area contributed by atoms with Gasteiger partial charge in [0, 0.05) is 33.2 Å². The molecule has 0 aliphatic carbocycles. The summed E-state index contributed by atoms with van der Waals surface area (Å²) in [6.45, 7) is 1.61. The van der Waals surface area contributed by atoms with Gasteiger partial charge in [-0.2, -0.15) is 9.40 Å². The van der Waals surface area contributed by atoms with Crippen molar-refractivity contribution in [1.82, 2.24) is 14.1 Å². The molecule has 146 valence electrons. The molecule has 1 saturated heterocycles. The fourth-order valence-corrected chi connectivity index (χ4v) is 4.73. The molecule has 0 bridgehead atoms. The van der Waals surface area contributed by atoms with Crippen LogP contribution in [0.5, 0.6) is 0 Å². The lowest BCUT2D eigenvalue weighted by Gasteiger charge is -2.34. The van der Waals surface area contributed by atoms with Crippen LogP contribution in [0.4, 0.5) is 20.3 Å². The molecule has 0 unspecified atom stereocenters. The Kier molecular flexibility index (Phi) is 4.86. The van der Waals surface area contributed by atoms with Gasteiger partial charge in [0.15, 0.2) is 4.90 Å². The smallest absolute Gasteiger partial charge is 0.333 e. The van der Waals surface area contributed by atoms with Gasteiger partial charge in [-0.3, -0.25) is 10.1 Å². The van der Waals surface area contributed by atoms with Crippen molar-refractivity contribution in [3.05, 3.63) is 45.6 Å². The van der Waals surface area contributed by atoms with Crippen LogP contribution in [0.1, 0.15) is 5.69 Å². The Morgan fingerprint density at radius 1 is 1.15 bits per heavy atom. The van der Waals surface area contributed by atoms with Crippen molar-refractivity contribution in [2.45, 2.75) is 11.8 Å². The first-order valence-electron chi connectivity index (χ1n) is 8.01. The van der Waals surface area contributed by atoms with Gasteiger partial charge in [0.1, 0.15) is 17.3 Å². The maximum atomic E-state index is 13.9. The van der Waals surface area contributed by atoms with Crippen LogP contribution in [0.15, 0.2) is 23.1 Å². The van der Waals surface area contributed by atoms with E-state index in [4.69, 9.17) is 0 Å². The molecule has 2 aromatic rings. The summed E-state index contributed by atoms with van der Waals surface area (Å²) < 4.78 is 55.4. The van der Waals surface area contributed by atoms with Crippen molar-refractivity contribution in [2.24, 2.45) is 7.05 Å². The zero-order chi connectivity index (χ0) is 19.9. The maximum absolute atomic E-state index is 13.9. The minimum Gasteiger partial charge on any atom is -0.348 e. The van der Waals surface area contributed by atoms with Gasteiger partial charge in [-0.05, 0) is 19.1 Å². The zero-order valence-corrected chi connectivity index (χ0v) is 15.4. The van der Waals surface area contributed by atoms with Crippen LogP contribution in [-0.2, 0) is 17.1 Å². The number of nitrogens with zero attached hydrogens (tertiary/aromatic N) is 5. The first-order valence-corrected chi connectivity index (χ1v) is 9.45. The van der Waals surface area contributed by atoms with Gasteiger partial charge in [0.25, 0.3) is 0 Å². The summed E-state index contributed by atoms with van der Waals surface area (Å²) in [5.41, 5.74) is 0.106. The average molecular weight is 401 g/mol. The molecule has 2 heterocycles. The number of benzene rings is 1. The first-order chi connectivity index (χ1) is 12.6. The Labute approximate surface area is 154 Å². The first kappa shape index (κ1) is 19.2. The van der Waals surface area contributed by atoms with Gasteiger partial charge in [0.05, 0.1) is 4.92 Å². The maximum Gasteiger partial charge on any atom is 0.333 e. The molecule has 1 aromatic carbocycles. The number of sulfonamides is 1. The second-order valence-electron chi connectivity index (χ2n) is 6.08. The highest BCUT2D eigenvalue weighted by molar-refractivity contribution is 7.89. The van der Waals surface area contributed by atoms with Crippen molar-refractivity contribution in [3.8, 4) is 0 Å². The standard InChI is InChI=1S/C15H17F2N5O4S/c1-10-13(22(23)24)15(19(2)18-10)20-6-8-21(9-7-20)27(25,26)14-11(16)4-3-5-12(14)17/h3-5H,6-9H2,1-2H3. The van der Waals surface area contributed by atoms with E-state index in [1.807, 2.05) is 0 Å². The van der Waals surface area contributed by atoms with Crippen LogP contribution < -0.4 is 4.90 Å². The predicted molar refractivity (Wildman–Crippen MR) is 91.9 cm³/mol. The lowest BCUT2D eigenvalue weighted by molar-refractivity contribution is -0.384. The van der Waals surface area contributed by atoms with Gasteiger partial charge in [0.2, 0.25) is 15.8 Å². The van der Waals surface area contributed by atoms with Gasteiger partial charge in [-0.25, -0.2) is 21.9 Å². The molecular formula is C15H17F2N5O4S. The van der Waals surface area contributed by atoms with Crippen molar-refractivity contribution in [1.29, 1.82) is 0 Å². The average Bonchev–Trinajstić information content (AvgIpc) is 2.89. The zero-order valence-electron chi connectivity index (χ0n) is 14.6. The van der Waals surface area contributed by atoms with Gasteiger partial charge >= 0.3 is 5.69 Å². The molecule has 0 atom stereocenters. The molecule has 0 N–H and O–H groups in total. The molecule has 0 spiro atoms. The number of aromatic nitrogens is 2. The topological polar surface area (TPSA) is 102 Å².